The molecule has 11 nitrogen and oxygen atoms in total. The zero-order valence-corrected chi connectivity index (χ0v) is 18.4. The van der Waals surface area contributed by atoms with Gasteiger partial charge in [-0.05, 0) is 47.2 Å². The molecule has 0 aliphatic rings. The molecule has 0 fully saturated rings. The quantitative estimate of drug-likeness (QED) is 0.391. The molecule has 0 unspecified atom stereocenters. The van der Waals surface area contributed by atoms with E-state index in [1.807, 2.05) is 30.3 Å². The third kappa shape index (κ3) is 4.41. The van der Waals surface area contributed by atoms with E-state index in [2.05, 4.69) is 20.8 Å². The lowest BCUT2D eigenvalue weighted by molar-refractivity contribution is -0.255. The van der Waals surface area contributed by atoms with E-state index in [4.69, 9.17) is 0 Å². The fourth-order valence-electron chi connectivity index (χ4n) is 3.19. The van der Waals surface area contributed by atoms with Crippen LogP contribution in [-0.4, -0.2) is 47.2 Å². The molecule has 4 aromatic rings. The molecule has 0 bridgehead atoms. The van der Waals surface area contributed by atoms with Gasteiger partial charge in [-0.25, -0.2) is 4.68 Å². The molecule has 0 atom stereocenters. The highest BCUT2D eigenvalue weighted by Gasteiger charge is 2.19. The highest BCUT2D eigenvalue weighted by molar-refractivity contribution is 7.99. The lowest BCUT2D eigenvalue weighted by Gasteiger charge is -2.07. The number of amides is 1. The Morgan fingerprint density at radius 1 is 1.06 bits per heavy atom. The van der Waals surface area contributed by atoms with Crippen LogP contribution in [-0.2, 0) is 11.8 Å². The van der Waals surface area contributed by atoms with E-state index in [9.17, 15) is 19.5 Å². The summed E-state index contributed by atoms with van der Waals surface area (Å²) in [7, 11) is 1.74. The maximum atomic E-state index is 12.9. The van der Waals surface area contributed by atoms with Gasteiger partial charge in [0.1, 0.15) is 5.69 Å². The van der Waals surface area contributed by atoms with E-state index >= 15 is 0 Å². The van der Waals surface area contributed by atoms with Crippen molar-refractivity contribution >= 4 is 29.3 Å². The number of hydrogen-bond acceptors (Lipinski definition) is 8. The monoisotopic (exact) mass is 464 g/mol. The minimum atomic E-state index is -1.29. The van der Waals surface area contributed by atoms with Crippen molar-refractivity contribution in [3.63, 3.8) is 0 Å². The number of aromatic carboxylic acids is 1. The number of tetrazole rings is 1. The number of para-hydroxylation sites is 1. The van der Waals surface area contributed by atoms with E-state index in [0.717, 1.165) is 11.8 Å². The van der Waals surface area contributed by atoms with Gasteiger partial charge >= 0.3 is 0 Å². The summed E-state index contributed by atoms with van der Waals surface area (Å²) in [6.45, 7) is 1.75. The minimum absolute atomic E-state index is 0.0276. The normalized spacial score (nSPS) is 10.8. The molecule has 168 valence electrons. The van der Waals surface area contributed by atoms with Crippen LogP contribution in [0.5, 0.6) is 0 Å². The Hall–Kier alpha value is -4.19. The van der Waals surface area contributed by atoms with Crippen molar-refractivity contribution < 1.29 is 14.7 Å². The Morgan fingerprint density at radius 3 is 2.42 bits per heavy atom. The van der Waals surface area contributed by atoms with Crippen molar-refractivity contribution in [2.45, 2.75) is 12.1 Å². The Labute approximate surface area is 191 Å². The molecule has 1 N–H and O–H groups in total. The summed E-state index contributed by atoms with van der Waals surface area (Å²) in [5.41, 5.74) is 1.71. The van der Waals surface area contributed by atoms with E-state index in [1.165, 1.54) is 33.6 Å². The lowest BCUT2D eigenvalue weighted by Crippen LogP contribution is -2.23. The van der Waals surface area contributed by atoms with Gasteiger partial charge in [-0.1, -0.05) is 42.1 Å². The maximum Gasteiger partial charge on any atom is 0.295 e. The van der Waals surface area contributed by atoms with E-state index < -0.39 is 11.9 Å². The number of rotatable bonds is 7. The van der Waals surface area contributed by atoms with Crippen LogP contribution in [0.1, 0.15) is 16.1 Å². The molecule has 0 saturated carbocycles. The van der Waals surface area contributed by atoms with E-state index in [1.54, 1.807) is 18.7 Å². The number of carbonyl (C=O) groups excluding carboxylic acids is 2. The molecule has 0 aliphatic heterocycles. The van der Waals surface area contributed by atoms with Gasteiger partial charge in [0, 0.05) is 7.05 Å². The number of carboxylic acid groups (broad SMARTS) is 1. The number of carboxylic acids is 1. The van der Waals surface area contributed by atoms with Crippen LogP contribution in [0.15, 0.2) is 64.5 Å². The summed E-state index contributed by atoms with van der Waals surface area (Å²) in [5.74, 6) is -1.73. The first-order valence-corrected chi connectivity index (χ1v) is 10.7. The summed E-state index contributed by atoms with van der Waals surface area (Å²) in [5, 5.41) is 25.3. The number of thioether (sulfide) groups is 1. The molecule has 0 aliphatic carbocycles. The number of hydrogen-bond donors (Lipinski definition) is 1. The Bertz CT molecular complexity index is 1370. The van der Waals surface area contributed by atoms with Crippen LogP contribution in [0.2, 0.25) is 0 Å². The van der Waals surface area contributed by atoms with Crippen molar-refractivity contribution in [2.24, 2.45) is 7.05 Å². The molecule has 0 spiro atoms. The van der Waals surface area contributed by atoms with Gasteiger partial charge in [-0.3, -0.25) is 14.3 Å². The number of aromatic nitrogens is 6. The van der Waals surface area contributed by atoms with Gasteiger partial charge in [0.2, 0.25) is 11.1 Å². The van der Waals surface area contributed by atoms with Crippen molar-refractivity contribution in [1.29, 1.82) is 0 Å². The summed E-state index contributed by atoms with van der Waals surface area (Å²) in [6, 6.07) is 15.0. The number of anilines is 1. The third-order valence-corrected chi connectivity index (χ3v) is 5.86. The number of nitrogens with zero attached hydrogens (tertiary/aromatic N) is 6. The molecule has 33 heavy (non-hydrogen) atoms. The summed E-state index contributed by atoms with van der Waals surface area (Å²) in [6.07, 6.45) is 0. The molecule has 0 radical (unpaired) electrons. The summed E-state index contributed by atoms with van der Waals surface area (Å²) >= 11 is 1.08. The molecule has 2 heterocycles. The molecule has 1 amide bonds. The highest BCUT2D eigenvalue weighted by Crippen LogP contribution is 2.20. The van der Waals surface area contributed by atoms with Crippen LogP contribution in [0.4, 0.5) is 5.69 Å². The molecular formula is C21H18N7O4S-. The Balaban J connectivity index is 1.48. The van der Waals surface area contributed by atoms with Crippen LogP contribution in [0, 0.1) is 6.92 Å². The zero-order valence-electron chi connectivity index (χ0n) is 17.6. The summed E-state index contributed by atoms with van der Waals surface area (Å²) < 4.78 is 4.54. The Kier molecular flexibility index (Phi) is 6.09. The SMILES string of the molecule is Cc1c(NC(=O)CSc2nnnn2-c2ccc(C(=O)[O-])cc2)c(=O)n(-c2ccccc2)n1C. The van der Waals surface area contributed by atoms with E-state index in [-0.39, 0.29) is 22.6 Å². The molecule has 4 rings (SSSR count). The van der Waals surface area contributed by atoms with Crippen molar-refractivity contribution in [3.05, 3.63) is 76.2 Å². The topological polar surface area (TPSA) is 140 Å². The average molecular weight is 464 g/mol. The molecule has 2 aromatic carbocycles. The van der Waals surface area contributed by atoms with E-state index in [0.29, 0.717) is 22.2 Å². The fourth-order valence-corrected chi connectivity index (χ4v) is 3.88. The summed E-state index contributed by atoms with van der Waals surface area (Å²) in [4.78, 5) is 36.4. The molecular weight excluding hydrogens is 446 g/mol. The molecule has 2 aromatic heterocycles. The van der Waals surface area contributed by atoms with Gasteiger partial charge in [0.15, 0.2) is 0 Å². The van der Waals surface area contributed by atoms with Crippen LogP contribution >= 0.6 is 11.8 Å². The van der Waals surface area contributed by atoms with Gasteiger partial charge in [0.25, 0.3) is 5.56 Å². The molecule has 12 heteroatoms. The zero-order chi connectivity index (χ0) is 23.5. The largest absolute Gasteiger partial charge is 0.545 e. The van der Waals surface area contributed by atoms with Crippen molar-refractivity contribution in [2.75, 3.05) is 11.1 Å². The van der Waals surface area contributed by atoms with Gasteiger partial charge < -0.3 is 15.2 Å². The van der Waals surface area contributed by atoms with Gasteiger partial charge in [-0.15, -0.1) is 5.10 Å². The van der Waals surface area contributed by atoms with Crippen LogP contribution in [0.25, 0.3) is 11.4 Å². The standard InChI is InChI=1S/C21H19N7O4S/c1-13-18(19(30)28(26(13)2)16-6-4-3-5-7-16)22-17(29)12-33-21-23-24-25-27(21)15-10-8-14(9-11-15)20(31)32/h3-11H,12H2,1-2H3,(H,22,29)(H,31,32)/p-1. The lowest BCUT2D eigenvalue weighted by atomic mass is 10.2. The highest BCUT2D eigenvalue weighted by atomic mass is 32.2. The van der Waals surface area contributed by atoms with Crippen molar-refractivity contribution in [1.82, 2.24) is 29.6 Å². The second-order valence-electron chi connectivity index (χ2n) is 6.98. The third-order valence-electron chi connectivity index (χ3n) is 4.94. The second-order valence-corrected chi connectivity index (χ2v) is 7.92. The molecule has 0 saturated heterocycles. The first-order chi connectivity index (χ1) is 15.9. The number of nitrogens with one attached hydrogen (secondary N) is 1. The number of benzene rings is 2. The van der Waals surface area contributed by atoms with Crippen LogP contribution in [0.3, 0.4) is 0 Å². The maximum absolute atomic E-state index is 12.9. The first kappa shape index (κ1) is 22.0. The predicted molar refractivity (Wildman–Crippen MR) is 119 cm³/mol. The van der Waals surface area contributed by atoms with Crippen LogP contribution < -0.4 is 16.0 Å². The smallest absolute Gasteiger partial charge is 0.295 e. The second kappa shape index (κ2) is 9.12. The first-order valence-electron chi connectivity index (χ1n) is 9.73. The fraction of sp³-hybridized carbons (Fsp3) is 0.143. The van der Waals surface area contributed by atoms with Crippen molar-refractivity contribution in [3.8, 4) is 11.4 Å². The van der Waals surface area contributed by atoms with Gasteiger partial charge in [0.05, 0.1) is 28.8 Å². The van der Waals surface area contributed by atoms with Gasteiger partial charge in [-0.2, -0.15) is 4.68 Å². The predicted octanol–water partition coefficient (Wildman–Crippen LogP) is 0.554. The Morgan fingerprint density at radius 2 is 1.76 bits per heavy atom. The average Bonchev–Trinajstić information content (AvgIpc) is 3.37. The number of carbonyl (C=O) groups is 2. The minimum Gasteiger partial charge on any atom is -0.545 e.